The number of alkyl halides is 1. The molecule has 13 heavy (non-hydrogen) atoms. The molecule has 4 unspecified atom stereocenters. The first-order valence-corrected chi connectivity index (χ1v) is 5.80. The fourth-order valence-electron chi connectivity index (χ4n) is 1.39. The lowest BCUT2D eigenvalue weighted by Gasteiger charge is -2.42. The Labute approximate surface area is 89.1 Å². The van der Waals surface area contributed by atoms with Crippen molar-refractivity contribution in [3.63, 3.8) is 0 Å². The first-order chi connectivity index (χ1) is 6.06. The SMILES string of the molecule is COC1C(Br)CC1OC(C)C(C)C. The molecule has 1 fully saturated rings. The predicted octanol–water partition coefficient (Wildman–Crippen LogP) is 2.60. The van der Waals surface area contributed by atoms with E-state index in [4.69, 9.17) is 9.47 Å². The van der Waals surface area contributed by atoms with E-state index in [0.717, 1.165) is 6.42 Å². The van der Waals surface area contributed by atoms with E-state index in [1.54, 1.807) is 7.11 Å². The van der Waals surface area contributed by atoms with Gasteiger partial charge in [0.1, 0.15) is 0 Å². The van der Waals surface area contributed by atoms with Crippen molar-refractivity contribution in [3.05, 3.63) is 0 Å². The zero-order valence-corrected chi connectivity index (χ0v) is 10.4. The van der Waals surface area contributed by atoms with E-state index in [1.165, 1.54) is 0 Å². The first-order valence-electron chi connectivity index (χ1n) is 4.88. The molecule has 0 aromatic rings. The minimum Gasteiger partial charge on any atom is -0.378 e. The Morgan fingerprint density at radius 2 is 1.92 bits per heavy atom. The van der Waals surface area contributed by atoms with Crippen LogP contribution in [-0.4, -0.2) is 30.2 Å². The lowest BCUT2D eigenvalue weighted by atomic mass is 9.91. The molecule has 1 aliphatic rings. The molecule has 0 bridgehead atoms. The van der Waals surface area contributed by atoms with Crippen LogP contribution in [0.5, 0.6) is 0 Å². The van der Waals surface area contributed by atoms with Crippen LogP contribution in [0.25, 0.3) is 0 Å². The van der Waals surface area contributed by atoms with Crippen LogP contribution in [0, 0.1) is 5.92 Å². The molecule has 0 amide bonds. The van der Waals surface area contributed by atoms with Crippen molar-refractivity contribution in [2.24, 2.45) is 5.92 Å². The van der Waals surface area contributed by atoms with E-state index in [-0.39, 0.29) is 12.2 Å². The number of rotatable bonds is 4. The molecular weight excluding hydrogens is 232 g/mol. The molecule has 1 rings (SSSR count). The van der Waals surface area contributed by atoms with Gasteiger partial charge in [-0.1, -0.05) is 29.8 Å². The molecule has 3 heteroatoms. The van der Waals surface area contributed by atoms with Gasteiger partial charge in [0.2, 0.25) is 0 Å². The fourth-order valence-corrected chi connectivity index (χ4v) is 2.32. The van der Waals surface area contributed by atoms with Gasteiger partial charge < -0.3 is 9.47 Å². The molecule has 4 atom stereocenters. The minimum absolute atomic E-state index is 0.237. The topological polar surface area (TPSA) is 18.5 Å². The standard InChI is InChI=1S/C10H19BrO2/c1-6(2)7(3)13-9-5-8(11)10(9)12-4/h6-10H,5H2,1-4H3. The number of hydrogen-bond donors (Lipinski definition) is 0. The van der Waals surface area contributed by atoms with E-state index in [2.05, 4.69) is 36.7 Å². The second kappa shape index (κ2) is 4.76. The molecule has 0 radical (unpaired) electrons. The molecule has 0 N–H and O–H groups in total. The summed E-state index contributed by atoms with van der Waals surface area (Å²) in [6, 6.07) is 0. The van der Waals surface area contributed by atoms with Gasteiger partial charge in [0.05, 0.1) is 18.3 Å². The number of methoxy groups -OCH3 is 1. The maximum Gasteiger partial charge on any atom is 0.0958 e. The second-order valence-electron chi connectivity index (χ2n) is 4.08. The van der Waals surface area contributed by atoms with Crippen LogP contribution in [0.15, 0.2) is 0 Å². The molecule has 2 nitrogen and oxygen atoms in total. The fraction of sp³-hybridized carbons (Fsp3) is 1.00. The zero-order valence-electron chi connectivity index (χ0n) is 8.79. The molecule has 78 valence electrons. The van der Waals surface area contributed by atoms with Crippen LogP contribution in [0.2, 0.25) is 0 Å². The number of ether oxygens (including phenoxy) is 2. The first kappa shape index (κ1) is 11.5. The summed E-state index contributed by atoms with van der Waals surface area (Å²) >= 11 is 3.55. The lowest BCUT2D eigenvalue weighted by molar-refractivity contribution is -0.139. The van der Waals surface area contributed by atoms with Gasteiger partial charge in [0, 0.05) is 11.9 Å². The average molecular weight is 251 g/mol. The smallest absolute Gasteiger partial charge is 0.0958 e. The van der Waals surface area contributed by atoms with Gasteiger partial charge in [0.25, 0.3) is 0 Å². The third-order valence-corrected chi connectivity index (χ3v) is 3.68. The summed E-state index contributed by atoms with van der Waals surface area (Å²) in [5.41, 5.74) is 0. The highest BCUT2D eigenvalue weighted by molar-refractivity contribution is 9.09. The third-order valence-electron chi connectivity index (χ3n) is 2.78. The monoisotopic (exact) mass is 250 g/mol. The molecule has 0 aliphatic heterocycles. The largest absolute Gasteiger partial charge is 0.378 e. The average Bonchev–Trinajstić information content (AvgIpc) is 2.03. The minimum atomic E-state index is 0.237. The molecule has 0 saturated heterocycles. The summed E-state index contributed by atoms with van der Waals surface area (Å²) < 4.78 is 11.2. The lowest BCUT2D eigenvalue weighted by Crippen LogP contribution is -2.51. The maximum absolute atomic E-state index is 5.87. The van der Waals surface area contributed by atoms with E-state index >= 15 is 0 Å². The van der Waals surface area contributed by atoms with Crippen molar-refractivity contribution in [2.75, 3.05) is 7.11 Å². The summed E-state index contributed by atoms with van der Waals surface area (Å²) in [7, 11) is 1.74. The van der Waals surface area contributed by atoms with Crippen molar-refractivity contribution in [1.82, 2.24) is 0 Å². The summed E-state index contributed by atoms with van der Waals surface area (Å²) in [5, 5.41) is 0. The normalized spacial score (nSPS) is 36.0. The summed E-state index contributed by atoms with van der Waals surface area (Å²) in [6.45, 7) is 6.48. The summed E-state index contributed by atoms with van der Waals surface area (Å²) in [4.78, 5) is 0.474. The van der Waals surface area contributed by atoms with E-state index in [0.29, 0.717) is 16.8 Å². The van der Waals surface area contributed by atoms with Gasteiger partial charge in [-0.2, -0.15) is 0 Å². The van der Waals surface area contributed by atoms with E-state index < -0.39 is 0 Å². The van der Waals surface area contributed by atoms with Gasteiger partial charge in [-0.05, 0) is 19.3 Å². The van der Waals surface area contributed by atoms with Gasteiger partial charge in [0.15, 0.2) is 0 Å². The van der Waals surface area contributed by atoms with Crippen LogP contribution < -0.4 is 0 Å². The molecular formula is C10H19BrO2. The highest BCUT2D eigenvalue weighted by atomic mass is 79.9. The zero-order chi connectivity index (χ0) is 10.0. The van der Waals surface area contributed by atoms with Crippen molar-refractivity contribution in [2.45, 2.75) is 50.3 Å². The third kappa shape index (κ3) is 2.67. The van der Waals surface area contributed by atoms with E-state index in [1.807, 2.05) is 0 Å². The molecule has 0 spiro atoms. The predicted molar refractivity (Wildman–Crippen MR) is 57.3 cm³/mol. The van der Waals surface area contributed by atoms with Crippen LogP contribution in [0.4, 0.5) is 0 Å². The van der Waals surface area contributed by atoms with Gasteiger partial charge in [-0.3, -0.25) is 0 Å². The Kier molecular flexibility index (Phi) is 4.20. The summed E-state index contributed by atoms with van der Waals surface area (Å²) in [5.74, 6) is 0.576. The Bertz CT molecular complexity index is 161. The molecule has 1 saturated carbocycles. The summed E-state index contributed by atoms with van der Waals surface area (Å²) in [6.07, 6.45) is 1.91. The van der Waals surface area contributed by atoms with Crippen molar-refractivity contribution in [1.29, 1.82) is 0 Å². The Hall–Kier alpha value is 0.400. The Morgan fingerprint density at radius 3 is 2.31 bits per heavy atom. The quantitative estimate of drug-likeness (QED) is 0.715. The molecule has 0 heterocycles. The highest BCUT2D eigenvalue weighted by Crippen LogP contribution is 2.34. The number of halogens is 1. The second-order valence-corrected chi connectivity index (χ2v) is 5.25. The van der Waals surface area contributed by atoms with Crippen LogP contribution in [0.1, 0.15) is 27.2 Å². The van der Waals surface area contributed by atoms with Gasteiger partial charge >= 0.3 is 0 Å². The van der Waals surface area contributed by atoms with Crippen LogP contribution >= 0.6 is 15.9 Å². The Balaban J connectivity index is 2.30. The number of hydrogen-bond acceptors (Lipinski definition) is 2. The van der Waals surface area contributed by atoms with Crippen LogP contribution in [0.3, 0.4) is 0 Å². The van der Waals surface area contributed by atoms with Gasteiger partial charge in [-0.25, -0.2) is 0 Å². The maximum atomic E-state index is 5.87. The Morgan fingerprint density at radius 1 is 1.31 bits per heavy atom. The van der Waals surface area contributed by atoms with Crippen molar-refractivity contribution >= 4 is 15.9 Å². The molecule has 1 aliphatic carbocycles. The van der Waals surface area contributed by atoms with Crippen LogP contribution in [-0.2, 0) is 9.47 Å². The molecule has 0 aromatic heterocycles. The van der Waals surface area contributed by atoms with Gasteiger partial charge in [-0.15, -0.1) is 0 Å². The molecule has 0 aromatic carbocycles. The van der Waals surface area contributed by atoms with Crippen molar-refractivity contribution in [3.8, 4) is 0 Å². The van der Waals surface area contributed by atoms with E-state index in [9.17, 15) is 0 Å². The highest BCUT2D eigenvalue weighted by Gasteiger charge is 2.41. The van der Waals surface area contributed by atoms with Crippen molar-refractivity contribution < 1.29 is 9.47 Å².